The fourth-order valence-corrected chi connectivity index (χ4v) is 2.38. The van der Waals surface area contributed by atoms with E-state index >= 15 is 0 Å². The average molecular weight is 398 g/mol. The van der Waals surface area contributed by atoms with Gasteiger partial charge in [-0.1, -0.05) is 12.1 Å². The number of hydrogen-bond donors (Lipinski definition) is 1. The molecule has 1 aromatic heterocycles. The first-order chi connectivity index (χ1) is 13.2. The van der Waals surface area contributed by atoms with Gasteiger partial charge in [-0.2, -0.15) is 13.2 Å². The molecule has 9 heteroatoms. The molecule has 1 N–H and O–H groups in total. The molecule has 3 aromatic rings. The van der Waals surface area contributed by atoms with E-state index in [4.69, 9.17) is 4.74 Å². The minimum Gasteiger partial charge on any atom is -0.455 e. The Morgan fingerprint density at radius 1 is 0.929 bits per heavy atom. The van der Waals surface area contributed by atoms with Crippen molar-refractivity contribution < 1.29 is 31.1 Å². The van der Waals surface area contributed by atoms with Crippen LogP contribution in [0.15, 0.2) is 54.7 Å². The first-order valence-electron chi connectivity index (χ1n) is 7.91. The van der Waals surface area contributed by atoms with Gasteiger partial charge in [0.25, 0.3) is 0 Å². The van der Waals surface area contributed by atoms with Gasteiger partial charge in [0, 0.05) is 24.2 Å². The smallest absolute Gasteiger partial charge is 0.419 e. The molecule has 0 aliphatic heterocycles. The summed E-state index contributed by atoms with van der Waals surface area (Å²) in [5.74, 6) is -3.27. The van der Waals surface area contributed by atoms with Gasteiger partial charge in [-0.3, -0.25) is 0 Å². The highest BCUT2D eigenvalue weighted by atomic mass is 19.4. The van der Waals surface area contributed by atoms with Crippen LogP contribution in [0.4, 0.5) is 32.2 Å². The summed E-state index contributed by atoms with van der Waals surface area (Å²) in [5, 5.41) is 2.64. The van der Waals surface area contributed by atoms with Crippen molar-refractivity contribution in [3.8, 4) is 11.5 Å². The lowest BCUT2D eigenvalue weighted by molar-refractivity contribution is -0.138. The molecule has 0 spiro atoms. The zero-order chi connectivity index (χ0) is 20.3. The highest BCUT2D eigenvalue weighted by Gasteiger charge is 2.34. The number of anilines is 1. The third kappa shape index (κ3) is 4.54. The SMILES string of the molecule is Fc1cc(F)c(CNc2ccc(Oc3ccccc3C(F)(F)F)cn2)c(F)c1. The lowest BCUT2D eigenvalue weighted by atomic mass is 10.2. The molecule has 0 atom stereocenters. The zero-order valence-corrected chi connectivity index (χ0v) is 14.0. The van der Waals surface area contributed by atoms with Gasteiger partial charge in [-0.05, 0) is 24.3 Å². The normalized spacial score (nSPS) is 11.4. The van der Waals surface area contributed by atoms with E-state index in [0.29, 0.717) is 12.1 Å². The first-order valence-corrected chi connectivity index (χ1v) is 7.91. The van der Waals surface area contributed by atoms with Crippen molar-refractivity contribution in [1.29, 1.82) is 0 Å². The first kappa shape index (κ1) is 19.5. The molecule has 0 fully saturated rings. The minimum absolute atomic E-state index is 0.0430. The standard InChI is InChI=1S/C19H12F6N2O/c20-11-7-15(21)13(16(22)8-11)10-27-18-6-5-12(9-26-18)28-17-4-2-1-3-14(17)19(23,24)25/h1-9H,10H2,(H,26,27). The van der Waals surface area contributed by atoms with Crippen molar-refractivity contribution in [2.45, 2.75) is 12.7 Å². The van der Waals surface area contributed by atoms with Crippen LogP contribution in [0.5, 0.6) is 11.5 Å². The van der Waals surface area contributed by atoms with Crippen LogP contribution in [0.1, 0.15) is 11.1 Å². The van der Waals surface area contributed by atoms with Crippen molar-refractivity contribution in [2.24, 2.45) is 0 Å². The van der Waals surface area contributed by atoms with Gasteiger partial charge in [0.2, 0.25) is 0 Å². The molecule has 0 aliphatic rings. The number of pyridine rings is 1. The second-order valence-electron chi connectivity index (χ2n) is 5.68. The van der Waals surface area contributed by atoms with Crippen molar-refractivity contribution in [3.63, 3.8) is 0 Å². The van der Waals surface area contributed by atoms with E-state index < -0.39 is 29.2 Å². The number of alkyl halides is 3. The van der Waals surface area contributed by atoms with Gasteiger partial charge in [-0.25, -0.2) is 18.2 Å². The van der Waals surface area contributed by atoms with E-state index in [1.807, 2.05) is 0 Å². The third-order valence-electron chi connectivity index (χ3n) is 3.71. The molecule has 0 saturated heterocycles. The molecule has 0 saturated carbocycles. The Bertz CT molecular complexity index is 950. The van der Waals surface area contributed by atoms with Crippen LogP contribution < -0.4 is 10.1 Å². The van der Waals surface area contributed by atoms with E-state index in [9.17, 15) is 26.3 Å². The number of para-hydroxylation sites is 1. The van der Waals surface area contributed by atoms with Gasteiger partial charge < -0.3 is 10.1 Å². The monoisotopic (exact) mass is 398 g/mol. The number of benzene rings is 2. The van der Waals surface area contributed by atoms with E-state index in [2.05, 4.69) is 10.3 Å². The Kier molecular flexibility index (Phi) is 5.43. The summed E-state index contributed by atoms with van der Waals surface area (Å²) in [7, 11) is 0. The topological polar surface area (TPSA) is 34.1 Å². The number of nitrogens with zero attached hydrogens (tertiary/aromatic N) is 1. The van der Waals surface area contributed by atoms with Gasteiger partial charge in [0.1, 0.15) is 34.8 Å². The van der Waals surface area contributed by atoms with E-state index in [0.717, 1.165) is 12.3 Å². The minimum atomic E-state index is -4.57. The van der Waals surface area contributed by atoms with Crippen molar-refractivity contribution >= 4 is 5.82 Å². The van der Waals surface area contributed by atoms with Crippen LogP contribution in [-0.4, -0.2) is 4.98 Å². The van der Waals surface area contributed by atoms with Gasteiger partial charge in [0.15, 0.2) is 0 Å². The number of halogens is 6. The maximum Gasteiger partial charge on any atom is 0.419 e. The van der Waals surface area contributed by atoms with Crippen LogP contribution in [-0.2, 0) is 12.7 Å². The summed E-state index contributed by atoms with van der Waals surface area (Å²) in [6, 6.07) is 8.55. The Morgan fingerprint density at radius 3 is 2.21 bits per heavy atom. The van der Waals surface area contributed by atoms with Crippen molar-refractivity contribution in [3.05, 3.63) is 83.3 Å². The molecule has 0 aliphatic carbocycles. The predicted octanol–water partition coefficient (Wildman–Crippen LogP) is 5.92. The maximum atomic E-state index is 13.6. The summed E-state index contributed by atoms with van der Waals surface area (Å²) in [6.07, 6.45) is -3.41. The molecular weight excluding hydrogens is 386 g/mol. The van der Waals surface area contributed by atoms with Crippen LogP contribution in [0, 0.1) is 17.5 Å². The zero-order valence-electron chi connectivity index (χ0n) is 14.0. The Hall–Kier alpha value is -3.23. The Labute approximate surface area is 155 Å². The van der Waals surface area contributed by atoms with Crippen LogP contribution in [0.25, 0.3) is 0 Å². The van der Waals surface area contributed by atoms with E-state index in [-0.39, 0.29) is 29.4 Å². The highest BCUT2D eigenvalue weighted by Crippen LogP contribution is 2.37. The molecule has 146 valence electrons. The predicted molar refractivity (Wildman–Crippen MR) is 89.4 cm³/mol. The summed E-state index contributed by atoms with van der Waals surface area (Å²) in [6.45, 7) is -0.304. The molecule has 1 heterocycles. The second-order valence-corrected chi connectivity index (χ2v) is 5.68. The summed E-state index contributed by atoms with van der Waals surface area (Å²) >= 11 is 0. The molecule has 28 heavy (non-hydrogen) atoms. The van der Waals surface area contributed by atoms with E-state index in [1.165, 1.54) is 30.3 Å². The highest BCUT2D eigenvalue weighted by molar-refractivity contribution is 5.42. The molecule has 3 rings (SSSR count). The Morgan fingerprint density at radius 2 is 1.61 bits per heavy atom. The molecule has 0 bridgehead atoms. The molecular formula is C19H12F6N2O. The van der Waals surface area contributed by atoms with Crippen molar-refractivity contribution in [2.75, 3.05) is 5.32 Å². The fourth-order valence-electron chi connectivity index (χ4n) is 2.38. The van der Waals surface area contributed by atoms with Gasteiger partial charge in [-0.15, -0.1) is 0 Å². The van der Waals surface area contributed by atoms with Gasteiger partial charge >= 0.3 is 6.18 Å². The lowest BCUT2D eigenvalue weighted by Crippen LogP contribution is -2.07. The molecule has 0 radical (unpaired) electrons. The molecule has 0 unspecified atom stereocenters. The number of aromatic nitrogens is 1. The van der Waals surface area contributed by atoms with Crippen molar-refractivity contribution in [1.82, 2.24) is 4.98 Å². The maximum absolute atomic E-state index is 13.6. The third-order valence-corrected chi connectivity index (χ3v) is 3.71. The van der Waals surface area contributed by atoms with Gasteiger partial charge in [0.05, 0.1) is 11.8 Å². The van der Waals surface area contributed by atoms with Crippen LogP contribution in [0.3, 0.4) is 0 Å². The summed E-state index contributed by atoms with van der Waals surface area (Å²) in [4.78, 5) is 3.92. The fraction of sp³-hybridized carbons (Fsp3) is 0.105. The van der Waals surface area contributed by atoms with E-state index in [1.54, 1.807) is 0 Å². The average Bonchev–Trinajstić information content (AvgIpc) is 2.62. The molecule has 2 aromatic carbocycles. The lowest BCUT2D eigenvalue weighted by Gasteiger charge is -2.13. The summed E-state index contributed by atoms with van der Waals surface area (Å²) in [5.41, 5.74) is -1.30. The second kappa shape index (κ2) is 7.79. The number of nitrogens with one attached hydrogen (secondary N) is 1. The van der Waals surface area contributed by atoms with Crippen LogP contribution in [0.2, 0.25) is 0 Å². The number of ether oxygens (including phenoxy) is 1. The summed E-state index contributed by atoms with van der Waals surface area (Å²) < 4.78 is 84.3. The molecule has 0 amide bonds. The van der Waals surface area contributed by atoms with Crippen LogP contribution >= 0.6 is 0 Å². The largest absolute Gasteiger partial charge is 0.455 e. The quantitative estimate of drug-likeness (QED) is 0.542. The Balaban J connectivity index is 1.70. The number of hydrogen-bond acceptors (Lipinski definition) is 3. The number of rotatable bonds is 5. The molecule has 3 nitrogen and oxygen atoms in total.